The molecule has 0 aromatic heterocycles. The minimum Gasteiger partial charge on any atom is -0.378 e. The monoisotopic (exact) mass is 283 g/mol. The summed E-state index contributed by atoms with van der Waals surface area (Å²) in [5, 5.41) is 26.7. The predicted molar refractivity (Wildman–Crippen MR) is 76.4 cm³/mol. The number of carbonyl (C=O) groups excluding carboxylic acids is 1. The average Bonchev–Trinajstić information content (AvgIpc) is 2.38. The summed E-state index contributed by atoms with van der Waals surface area (Å²) in [6.07, 6.45) is -1.32. The first-order valence-corrected chi connectivity index (χ1v) is 6.48. The van der Waals surface area contributed by atoms with Crippen LogP contribution in [0, 0.1) is 10.8 Å². The van der Waals surface area contributed by atoms with E-state index in [1.807, 2.05) is 0 Å². The van der Waals surface area contributed by atoms with E-state index in [2.05, 4.69) is 17.9 Å². The van der Waals surface area contributed by atoms with E-state index in [9.17, 15) is 9.90 Å². The zero-order valence-corrected chi connectivity index (χ0v) is 11.1. The Labute approximate surface area is 114 Å². The Kier molecular flexibility index (Phi) is 5.90. The van der Waals surface area contributed by atoms with Crippen LogP contribution in [-0.4, -0.2) is 27.0 Å². The highest BCUT2D eigenvalue weighted by molar-refractivity contribution is 8.27. The zero-order valence-electron chi connectivity index (χ0n) is 9.38. The highest BCUT2D eigenvalue weighted by atomic mass is 32.2. The van der Waals surface area contributed by atoms with Crippen molar-refractivity contribution < 1.29 is 9.90 Å². The Morgan fingerprint density at radius 3 is 2.56 bits per heavy atom. The molecule has 0 aliphatic rings. The second-order valence-electron chi connectivity index (χ2n) is 3.31. The molecule has 0 unspecified atom stereocenters. The van der Waals surface area contributed by atoms with E-state index in [-0.39, 0.29) is 16.0 Å². The summed E-state index contributed by atoms with van der Waals surface area (Å²) in [7, 11) is 0. The van der Waals surface area contributed by atoms with Gasteiger partial charge in [0.1, 0.15) is 0 Å². The van der Waals surface area contributed by atoms with Crippen LogP contribution >= 0.6 is 24.4 Å². The van der Waals surface area contributed by atoms with E-state index in [0.29, 0.717) is 5.56 Å². The molecule has 0 spiro atoms. The topological polar surface area (TPSA) is 97.0 Å². The second kappa shape index (κ2) is 7.20. The summed E-state index contributed by atoms with van der Waals surface area (Å²) in [4.78, 5) is 11.6. The summed E-state index contributed by atoms with van der Waals surface area (Å²) in [6, 6.07) is 8.44. The standard InChI is InChI=1S/C11H13N3O2S2/c12-8(6-17)18-11(13)14-10(16)9(15)7-4-2-1-3-5-7/h1-5,9,12,15,17H,6H2,(H2,13,14,16)/t9-/m0/s1. The maximum Gasteiger partial charge on any atom is 0.259 e. The molecule has 7 heteroatoms. The Balaban J connectivity index is 2.55. The highest BCUT2D eigenvalue weighted by Crippen LogP contribution is 2.12. The van der Waals surface area contributed by atoms with Gasteiger partial charge < -0.3 is 10.4 Å². The fourth-order valence-electron chi connectivity index (χ4n) is 1.15. The van der Waals surface area contributed by atoms with Crippen molar-refractivity contribution >= 4 is 40.5 Å². The van der Waals surface area contributed by atoms with E-state index in [1.54, 1.807) is 30.3 Å². The molecular formula is C11H13N3O2S2. The first-order chi connectivity index (χ1) is 8.54. The number of amidine groups is 1. The van der Waals surface area contributed by atoms with Crippen LogP contribution < -0.4 is 5.32 Å². The number of rotatable bonds is 3. The van der Waals surface area contributed by atoms with Gasteiger partial charge in [0.15, 0.2) is 11.3 Å². The smallest absolute Gasteiger partial charge is 0.259 e. The molecule has 0 fully saturated rings. The van der Waals surface area contributed by atoms with E-state index in [1.165, 1.54) is 0 Å². The third-order valence-electron chi connectivity index (χ3n) is 1.97. The summed E-state index contributed by atoms with van der Waals surface area (Å²) in [5.74, 6) is -0.491. The molecule has 1 aromatic carbocycles. The average molecular weight is 283 g/mol. The first kappa shape index (κ1) is 14.7. The molecule has 4 N–H and O–H groups in total. The van der Waals surface area contributed by atoms with Gasteiger partial charge in [0.25, 0.3) is 5.91 Å². The van der Waals surface area contributed by atoms with Gasteiger partial charge in [-0.3, -0.25) is 15.6 Å². The summed E-state index contributed by atoms with van der Waals surface area (Å²) in [6.45, 7) is 0. The molecule has 0 saturated heterocycles. The number of hydrogen-bond donors (Lipinski definition) is 5. The van der Waals surface area contributed by atoms with Crippen LogP contribution in [-0.2, 0) is 4.79 Å². The van der Waals surface area contributed by atoms with E-state index >= 15 is 0 Å². The van der Waals surface area contributed by atoms with Crippen molar-refractivity contribution in [3.05, 3.63) is 35.9 Å². The first-order valence-electron chi connectivity index (χ1n) is 5.03. The predicted octanol–water partition coefficient (Wildman–Crippen LogP) is 1.41. The van der Waals surface area contributed by atoms with Gasteiger partial charge in [0.2, 0.25) is 0 Å². The lowest BCUT2D eigenvalue weighted by Gasteiger charge is -2.11. The summed E-state index contributed by atoms with van der Waals surface area (Å²) in [5.41, 5.74) is 0.456. The molecule has 0 bridgehead atoms. The van der Waals surface area contributed by atoms with Crippen molar-refractivity contribution in [3.63, 3.8) is 0 Å². The Bertz CT molecular complexity index is 451. The van der Waals surface area contributed by atoms with Gasteiger partial charge in [-0.15, -0.1) is 0 Å². The van der Waals surface area contributed by atoms with Gasteiger partial charge in [0, 0.05) is 5.75 Å². The molecule has 0 aliphatic heterocycles. The summed E-state index contributed by atoms with van der Waals surface area (Å²) >= 11 is 4.66. The summed E-state index contributed by atoms with van der Waals surface area (Å²) < 4.78 is 0. The molecule has 1 rings (SSSR count). The number of hydrogen-bond acceptors (Lipinski definition) is 6. The number of nitrogens with one attached hydrogen (secondary N) is 3. The van der Waals surface area contributed by atoms with Gasteiger partial charge in [0.05, 0.1) is 5.04 Å². The lowest BCUT2D eigenvalue weighted by atomic mass is 10.1. The molecule has 0 heterocycles. The lowest BCUT2D eigenvalue weighted by Crippen LogP contribution is -2.33. The number of aliphatic hydroxyl groups is 1. The Morgan fingerprint density at radius 2 is 2.00 bits per heavy atom. The van der Waals surface area contributed by atoms with E-state index in [4.69, 9.17) is 10.8 Å². The SMILES string of the molecule is N=C(CS)SC(=N)NC(=O)[C@@H](O)c1ccccc1. The van der Waals surface area contributed by atoms with E-state index < -0.39 is 12.0 Å². The number of carbonyl (C=O) groups is 1. The molecule has 1 amide bonds. The van der Waals surface area contributed by atoms with Crippen molar-refractivity contribution in [3.8, 4) is 0 Å². The fourth-order valence-corrected chi connectivity index (χ4v) is 1.80. The van der Waals surface area contributed by atoms with Gasteiger partial charge in [-0.2, -0.15) is 12.6 Å². The van der Waals surface area contributed by atoms with Crippen molar-refractivity contribution in [2.24, 2.45) is 0 Å². The molecule has 1 aromatic rings. The molecule has 0 aliphatic carbocycles. The molecule has 0 radical (unpaired) electrons. The highest BCUT2D eigenvalue weighted by Gasteiger charge is 2.18. The zero-order chi connectivity index (χ0) is 13.5. The molecule has 96 valence electrons. The number of thiol groups is 1. The van der Waals surface area contributed by atoms with Crippen molar-refractivity contribution in [2.45, 2.75) is 6.10 Å². The van der Waals surface area contributed by atoms with Gasteiger partial charge in [-0.25, -0.2) is 0 Å². The molecule has 0 saturated carbocycles. The Morgan fingerprint density at radius 1 is 1.39 bits per heavy atom. The Hall–Kier alpha value is -1.31. The molecule has 5 nitrogen and oxygen atoms in total. The maximum absolute atomic E-state index is 11.6. The number of thioether (sulfide) groups is 1. The van der Waals surface area contributed by atoms with Crippen LogP contribution in [0.1, 0.15) is 11.7 Å². The third kappa shape index (κ3) is 4.52. The number of amides is 1. The maximum atomic E-state index is 11.6. The third-order valence-corrected chi connectivity index (χ3v) is 3.20. The lowest BCUT2D eigenvalue weighted by molar-refractivity contribution is -0.128. The molecule has 18 heavy (non-hydrogen) atoms. The largest absolute Gasteiger partial charge is 0.378 e. The van der Waals surface area contributed by atoms with Crippen molar-refractivity contribution in [1.82, 2.24) is 5.32 Å². The number of aliphatic hydroxyl groups excluding tert-OH is 1. The second-order valence-corrected chi connectivity index (χ2v) is 4.74. The quantitative estimate of drug-likeness (QED) is 0.329. The molecular weight excluding hydrogens is 270 g/mol. The van der Waals surface area contributed by atoms with Crippen LogP contribution in [0.2, 0.25) is 0 Å². The van der Waals surface area contributed by atoms with Gasteiger partial charge in [-0.05, 0) is 17.3 Å². The van der Waals surface area contributed by atoms with Crippen molar-refractivity contribution in [2.75, 3.05) is 5.75 Å². The minimum atomic E-state index is -1.32. The van der Waals surface area contributed by atoms with Crippen LogP contribution in [0.4, 0.5) is 0 Å². The van der Waals surface area contributed by atoms with Crippen LogP contribution in [0.3, 0.4) is 0 Å². The van der Waals surface area contributed by atoms with Gasteiger partial charge >= 0.3 is 0 Å². The van der Waals surface area contributed by atoms with Crippen molar-refractivity contribution in [1.29, 1.82) is 10.8 Å². The van der Waals surface area contributed by atoms with Crippen LogP contribution in [0.25, 0.3) is 0 Å². The van der Waals surface area contributed by atoms with Gasteiger partial charge in [-0.1, -0.05) is 30.3 Å². The van der Waals surface area contributed by atoms with Crippen LogP contribution in [0.15, 0.2) is 30.3 Å². The van der Waals surface area contributed by atoms with Crippen LogP contribution in [0.5, 0.6) is 0 Å². The normalized spacial score (nSPS) is 11.7. The minimum absolute atomic E-state index is 0.151. The molecule has 1 atom stereocenters. The van der Waals surface area contributed by atoms with E-state index in [0.717, 1.165) is 11.8 Å². The fraction of sp³-hybridized carbons (Fsp3) is 0.182. The number of benzene rings is 1.